The summed E-state index contributed by atoms with van der Waals surface area (Å²) >= 11 is 0. The second kappa shape index (κ2) is 7.55. The number of hydrogen-bond acceptors (Lipinski definition) is 4. The van der Waals surface area contributed by atoms with Gasteiger partial charge < -0.3 is 15.0 Å². The van der Waals surface area contributed by atoms with Gasteiger partial charge in [-0.25, -0.2) is 4.79 Å². The maximum absolute atomic E-state index is 12.1. The average Bonchev–Trinajstić information content (AvgIpc) is 3.00. The third-order valence-corrected chi connectivity index (χ3v) is 3.87. The molecule has 0 spiro atoms. The van der Waals surface area contributed by atoms with Gasteiger partial charge in [-0.05, 0) is 39.7 Å². The summed E-state index contributed by atoms with van der Waals surface area (Å²) in [6, 6.07) is 1.46. The number of carbonyl (C=O) groups excluding carboxylic acids is 2. The molecule has 2 N–H and O–H groups in total. The summed E-state index contributed by atoms with van der Waals surface area (Å²) < 4.78 is 41.8. The Balaban J connectivity index is 1.87. The maximum Gasteiger partial charge on any atom is 0.410 e. The maximum atomic E-state index is 12.1. The van der Waals surface area contributed by atoms with E-state index >= 15 is 0 Å². The van der Waals surface area contributed by atoms with E-state index in [-0.39, 0.29) is 17.7 Å². The van der Waals surface area contributed by atoms with E-state index in [1.54, 1.807) is 31.0 Å². The summed E-state index contributed by atoms with van der Waals surface area (Å²) in [5, 5.41) is 8.28. The molecular weight excluding hydrogens is 353 g/mol. The van der Waals surface area contributed by atoms with Crippen LogP contribution in [0, 0.1) is 0 Å². The van der Waals surface area contributed by atoms with Crippen LogP contribution in [0.3, 0.4) is 0 Å². The molecule has 2 heterocycles. The van der Waals surface area contributed by atoms with Gasteiger partial charge in [0.05, 0.1) is 0 Å². The highest BCUT2D eigenvalue weighted by atomic mass is 19.4. The fourth-order valence-corrected chi connectivity index (χ4v) is 2.63. The molecule has 1 aromatic heterocycles. The molecule has 2 amide bonds. The van der Waals surface area contributed by atoms with Gasteiger partial charge in [0.1, 0.15) is 17.8 Å². The Morgan fingerprint density at radius 3 is 2.46 bits per heavy atom. The monoisotopic (exact) mass is 376 g/mol. The molecule has 0 aromatic carbocycles. The Hall–Kier alpha value is -2.26. The molecule has 26 heavy (non-hydrogen) atoms. The zero-order chi connectivity index (χ0) is 19.5. The Morgan fingerprint density at radius 2 is 1.92 bits per heavy atom. The molecule has 7 nitrogen and oxygen atoms in total. The molecule has 1 aliphatic rings. The van der Waals surface area contributed by atoms with Crippen molar-refractivity contribution in [3.63, 3.8) is 0 Å². The SMILES string of the molecule is CC(C)(C)OC(=O)N1CCC(c2cc(C(=O)NCC(F)(F)F)n[nH]2)CC1. The van der Waals surface area contributed by atoms with E-state index in [1.807, 2.05) is 0 Å². The number of halogens is 3. The molecule has 0 atom stereocenters. The van der Waals surface area contributed by atoms with Crippen molar-refractivity contribution in [2.24, 2.45) is 0 Å². The van der Waals surface area contributed by atoms with Crippen molar-refractivity contribution in [2.45, 2.75) is 51.3 Å². The molecule has 1 aromatic rings. The predicted octanol–water partition coefficient (Wildman–Crippen LogP) is 2.82. The minimum atomic E-state index is -4.47. The number of piperidine rings is 1. The van der Waals surface area contributed by atoms with E-state index in [9.17, 15) is 22.8 Å². The van der Waals surface area contributed by atoms with Gasteiger partial charge in [-0.3, -0.25) is 9.89 Å². The highest BCUT2D eigenvalue weighted by molar-refractivity contribution is 5.92. The van der Waals surface area contributed by atoms with Gasteiger partial charge in [0.15, 0.2) is 0 Å². The molecule has 0 bridgehead atoms. The second-order valence-electron chi connectivity index (χ2n) is 7.25. The number of H-pyrrole nitrogens is 1. The van der Waals surface area contributed by atoms with Crippen molar-refractivity contribution in [2.75, 3.05) is 19.6 Å². The lowest BCUT2D eigenvalue weighted by molar-refractivity contribution is -0.123. The first-order valence-electron chi connectivity index (χ1n) is 8.33. The first-order chi connectivity index (χ1) is 11.9. The first-order valence-corrected chi connectivity index (χ1v) is 8.33. The van der Waals surface area contributed by atoms with Crippen LogP contribution in [0.4, 0.5) is 18.0 Å². The van der Waals surface area contributed by atoms with Gasteiger partial charge in [-0.2, -0.15) is 18.3 Å². The van der Waals surface area contributed by atoms with E-state index in [4.69, 9.17) is 4.74 Å². The van der Waals surface area contributed by atoms with Gasteiger partial charge in [0.2, 0.25) is 0 Å². The minimum absolute atomic E-state index is 0.0466. The van der Waals surface area contributed by atoms with Crippen LogP contribution in [-0.2, 0) is 4.74 Å². The van der Waals surface area contributed by atoms with E-state index in [2.05, 4.69) is 10.2 Å². The number of rotatable bonds is 3. The number of amides is 2. The van der Waals surface area contributed by atoms with Crippen LogP contribution in [0.2, 0.25) is 0 Å². The Kier molecular flexibility index (Phi) is 5.82. The molecule has 0 unspecified atom stereocenters. The van der Waals surface area contributed by atoms with Gasteiger partial charge in [0.25, 0.3) is 5.91 Å². The van der Waals surface area contributed by atoms with Crippen molar-refractivity contribution in [3.8, 4) is 0 Å². The van der Waals surface area contributed by atoms with Crippen LogP contribution in [-0.4, -0.2) is 58.5 Å². The van der Waals surface area contributed by atoms with Crippen molar-refractivity contribution >= 4 is 12.0 Å². The van der Waals surface area contributed by atoms with Crippen LogP contribution in [0.1, 0.15) is 55.7 Å². The summed E-state index contributed by atoms with van der Waals surface area (Å²) in [6.07, 6.45) is -3.55. The highest BCUT2D eigenvalue weighted by Crippen LogP contribution is 2.28. The molecule has 0 radical (unpaired) electrons. The van der Waals surface area contributed by atoms with E-state index in [1.165, 1.54) is 6.07 Å². The third-order valence-electron chi connectivity index (χ3n) is 3.87. The number of likely N-dealkylation sites (tertiary alicyclic amines) is 1. The molecular formula is C16H23F3N4O3. The lowest BCUT2D eigenvalue weighted by atomic mass is 9.93. The molecule has 0 saturated carbocycles. The normalized spacial score (nSPS) is 16.5. The average molecular weight is 376 g/mol. The van der Waals surface area contributed by atoms with Gasteiger partial charge in [-0.1, -0.05) is 0 Å². The van der Waals surface area contributed by atoms with E-state index < -0.39 is 24.2 Å². The second-order valence-corrected chi connectivity index (χ2v) is 7.25. The highest BCUT2D eigenvalue weighted by Gasteiger charge is 2.30. The summed E-state index contributed by atoms with van der Waals surface area (Å²) in [4.78, 5) is 25.4. The standard InChI is InChI=1S/C16H23F3N4O3/c1-15(2,3)26-14(25)23-6-4-10(5-7-23)11-8-12(22-21-11)13(24)20-9-16(17,18)19/h8,10H,4-7,9H2,1-3H3,(H,20,24)(H,21,22). The minimum Gasteiger partial charge on any atom is -0.444 e. The molecule has 1 fully saturated rings. The largest absolute Gasteiger partial charge is 0.444 e. The van der Waals surface area contributed by atoms with Crippen molar-refractivity contribution in [1.82, 2.24) is 20.4 Å². The summed E-state index contributed by atoms with van der Waals surface area (Å²) in [5.41, 5.74) is 0.0283. The lowest BCUT2D eigenvalue weighted by Gasteiger charge is -2.33. The van der Waals surface area contributed by atoms with Crippen molar-refractivity contribution < 1.29 is 27.5 Å². The molecule has 0 aliphatic carbocycles. The molecule has 1 aliphatic heterocycles. The number of carbonyl (C=O) groups is 2. The topological polar surface area (TPSA) is 87.3 Å². The third kappa shape index (κ3) is 5.92. The Morgan fingerprint density at radius 1 is 1.31 bits per heavy atom. The van der Waals surface area contributed by atoms with E-state index in [0.717, 1.165) is 0 Å². The zero-order valence-corrected chi connectivity index (χ0v) is 14.9. The Bertz CT molecular complexity index is 644. The number of aromatic nitrogens is 2. The van der Waals surface area contributed by atoms with Gasteiger partial charge >= 0.3 is 12.3 Å². The first kappa shape index (κ1) is 20.1. The number of nitrogens with zero attached hydrogens (tertiary/aromatic N) is 2. The van der Waals surface area contributed by atoms with Crippen LogP contribution in [0.5, 0.6) is 0 Å². The fourth-order valence-electron chi connectivity index (χ4n) is 2.63. The lowest BCUT2D eigenvalue weighted by Crippen LogP contribution is -2.41. The molecule has 146 valence electrons. The molecule has 10 heteroatoms. The van der Waals surface area contributed by atoms with Crippen LogP contribution in [0.15, 0.2) is 6.07 Å². The quantitative estimate of drug-likeness (QED) is 0.849. The van der Waals surface area contributed by atoms with Gasteiger partial charge in [0, 0.05) is 24.7 Å². The number of hydrogen-bond donors (Lipinski definition) is 2. The van der Waals surface area contributed by atoms with Crippen LogP contribution < -0.4 is 5.32 Å². The van der Waals surface area contributed by atoms with E-state index in [0.29, 0.717) is 31.6 Å². The fraction of sp³-hybridized carbons (Fsp3) is 0.688. The predicted molar refractivity (Wildman–Crippen MR) is 86.8 cm³/mol. The number of alkyl halides is 3. The van der Waals surface area contributed by atoms with Crippen LogP contribution in [0.25, 0.3) is 0 Å². The molecule has 1 saturated heterocycles. The van der Waals surface area contributed by atoms with Gasteiger partial charge in [-0.15, -0.1) is 0 Å². The van der Waals surface area contributed by atoms with Crippen LogP contribution >= 0.6 is 0 Å². The zero-order valence-electron chi connectivity index (χ0n) is 14.9. The van der Waals surface area contributed by atoms with Crippen molar-refractivity contribution in [3.05, 3.63) is 17.5 Å². The smallest absolute Gasteiger partial charge is 0.410 e. The van der Waals surface area contributed by atoms with Crippen molar-refractivity contribution in [1.29, 1.82) is 0 Å². The Labute approximate surface area is 149 Å². The summed E-state index contributed by atoms with van der Waals surface area (Å²) in [7, 11) is 0. The number of aromatic amines is 1. The summed E-state index contributed by atoms with van der Waals surface area (Å²) in [5.74, 6) is -0.832. The summed E-state index contributed by atoms with van der Waals surface area (Å²) in [6.45, 7) is 4.99. The number of ether oxygens (including phenoxy) is 1. The molecule has 2 rings (SSSR count). The number of nitrogens with one attached hydrogen (secondary N) is 2.